The molecule has 0 bridgehead atoms. The van der Waals surface area contributed by atoms with Gasteiger partial charge < -0.3 is 9.80 Å². The highest BCUT2D eigenvalue weighted by molar-refractivity contribution is 5.74. The van der Waals surface area contributed by atoms with Crippen molar-refractivity contribution in [3.8, 4) is 0 Å². The van der Waals surface area contributed by atoms with Gasteiger partial charge in [0, 0.05) is 31.8 Å². The van der Waals surface area contributed by atoms with Crippen molar-refractivity contribution < 1.29 is 4.79 Å². The van der Waals surface area contributed by atoms with Crippen LogP contribution in [0.25, 0.3) is 0 Å². The number of hydrogen-bond donors (Lipinski definition) is 0. The Hall–Kier alpha value is -1.65. The number of urea groups is 1. The number of fused-ring (bicyclic) bond motifs is 1. The minimum Gasteiger partial charge on any atom is -0.331 e. The first kappa shape index (κ1) is 11.8. The highest BCUT2D eigenvalue weighted by atomic mass is 16.2. The average molecular weight is 234 g/mol. The lowest BCUT2D eigenvalue weighted by Gasteiger charge is -2.20. The number of aromatic nitrogens is 2. The molecule has 0 saturated carbocycles. The van der Waals surface area contributed by atoms with Gasteiger partial charge in [0.2, 0.25) is 0 Å². The Balaban J connectivity index is 2.19. The summed E-state index contributed by atoms with van der Waals surface area (Å²) in [7, 11) is 3.52. The Bertz CT molecular complexity index is 442. The molecule has 2 rings (SSSR count). The summed E-state index contributed by atoms with van der Waals surface area (Å²) in [6, 6.07) is 0.0223. The summed E-state index contributed by atoms with van der Waals surface area (Å²) in [4.78, 5) is 24.1. The van der Waals surface area contributed by atoms with Crippen molar-refractivity contribution in [3.63, 3.8) is 0 Å². The van der Waals surface area contributed by atoms with Crippen LogP contribution in [-0.2, 0) is 13.1 Å². The molecule has 2 amide bonds. The second-order valence-corrected chi connectivity index (χ2v) is 4.89. The minimum atomic E-state index is 0.0223. The minimum absolute atomic E-state index is 0.0223. The molecule has 0 aromatic carbocycles. The molecule has 1 aliphatic heterocycles. The Kier molecular flexibility index (Phi) is 3.00. The van der Waals surface area contributed by atoms with E-state index >= 15 is 0 Å². The fourth-order valence-corrected chi connectivity index (χ4v) is 1.87. The molecule has 0 atom stereocenters. The van der Waals surface area contributed by atoms with Crippen LogP contribution < -0.4 is 0 Å². The zero-order valence-corrected chi connectivity index (χ0v) is 10.8. The number of hydrogen-bond acceptors (Lipinski definition) is 3. The van der Waals surface area contributed by atoms with Crippen LogP contribution in [0.5, 0.6) is 0 Å². The van der Waals surface area contributed by atoms with E-state index < -0.39 is 0 Å². The topological polar surface area (TPSA) is 49.3 Å². The summed E-state index contributed by atoms with van der Waals surface area (Å²) < 4.78 is 0. The Morgan fingerprint density at radius 2 is 2.12 bits per heavy atom. The van der Waals surface area contributed by atoms with Crippen LogP contribution in [0, 0.1) is 0 Å². The van der Waals surface area contributed by atoms with E-state index in [4.69, 9.17) is 0 Å². The summed E-state index contributed by atoms with van der Waals surface area (Å²) in [5, 5.41) is 0. The summed E-state index contributed by atoms with van der Waals surface area (Å²) in [5.74, 6) is 1.17. The van der Waals surface area contributed by atoms with E-state index in [0.717, 1.165) is 17.1 Å². The SMILES string of the molecule is CC(C)c1ncc2c(n1)CN(C(=O)N(C)C)C2. The molecule has 0 saturated heterocycles. The maximum absolute atomic E-state index is 11.8. The van der Waals surface area contributed by atoms with Gasteiger partial charge in [-0.2, -0.15) is 0 Å². The molecular weight excluding hydrogens is 216 g/mol. The standard InChI is InChI=1S/C12H18N4O/c1-8(2)11-13-5-9-6-16(7-10(9)14-11)12(17)15(3)4/h5,8H,6-7H2,1-4H3. The number of carbonyl (C=O) groups is 1. The Morgan fingerprint density at radius 3 is 2.71 bits per heavy atom. The first-order valence-corrected chi connectivity index (χ1v) is 5.80. The predicted molar refractivity (Wildman–Crippen MR) is 64.5 cm³/mol. The van der Waals surface area contributed by atoms with Gasteiger partial charge in [0.05, 0.1) is 18.8 Å². The fraction of sp³-hybridized carbons (Fsp3) is 0.583. The molecule has 1 aliphatic rings. The third-order valence-corrected chi connectivity index (χ3v) is 2.84. The lowest BCUT2D eigenvalue weighted by molar-refractivity contribution is 0.171. The van der Waals surface area contributed by atoms with E-state index in [-0.39, 0.29) is 6.03 Å². The van der Waals surface area contributed by atoms with Crippen LogP contribution in [0.2, 0.25) is 0 Å². The molecule has 0 spiro atoms. The van der Waals surface area contributed by atoms with Crippen molar-refractivity contribution in [2.75, 3.05) is 14.1 Å². The number of nitrogens with zero attached hydrogens (tertiary/aromatic N) is 4. The van der Waals surface area contributed by atoms with Crippen LogP contribution in [-0.4, -0.2) is 39.9 Å². The zero-order valence-electron chi connectivity index (χ0n) is 10.8. The lowest BCUT2D eigenvalue weighted by atomic mass is 10.2. The van der Waals surface area contributed by atoms with E-state index in [1.165, 1.54) is 0 Å². The first-order chi connectivity index (χ1) is 7.99. The Labute approximate surface area is 101 Å². The zero-order chi connectivity index (χ0) is 12.6. The van der Waals surface area contributed by atoms with Crippen molar-refractivity contribution in [3.05, 3.63) is 23.3 Å². The van der Waals surface area contributed by atoms with Gasteiger partial charge >= 0.3 is 6.03 Å². The maximum Gasteiger partial charge on any atom is 0.320 e. The van der Waals surface area contributed by atoms with Crippen LogP contribution in [0.4, 0.5) is 4.79 Å². The second-order valence-electron chi connectivity index (χ2n) is 4.89. The van der Waals surface area contributed by atoms with E-state index in [2.05, 4.69) is 23.8 Å². The van der Waals surface area contributed by atoms with Crippen molar-refractivity contribution in [2.45, 2.75) is 32.9 Å². The van der Waals surface area contributed by atoms with E-state index in [9.17, 15) is 4.79 Å². The molecule has 0 unspecified atom stereocenters. The van der Waals surface area contributed by atoms with Crippen LogP contribution in [0.1, 0.15) is 36.8 Å². The highest BCUT2D eigenvalue weighted by Gasteiger charge is 2.26. The second kappa shape index (κ2) is 4.31. The van der Waals surface area contributed by atoms with E-state index in [0.29, 0.717) is 19.0 Å². The average Bonchev–Trinajstić information content (AvgIpc) is 2.69. The van der Waals surface area contributed by atoms with Gasteiger partial charge in [-0.15, -0.1) is 0 Å². The van der Waals surface area contributed by atoms with Crippen molar-refractivity contribution >= 4 is 6.03 Å². The molecule has 2 heterocycles. The maximum atomic E-state index is 11.8. The molecule has 0 fully saturated rings. The summed E-state index contributed by atoms with van der Waals surface area (Å²) >= 11 is 0. The van der Waals surface area contributed by atoms with Gasteiger partial charge in [-0.1, -0.05) is 13.8 Å². The van der Waals surface area contributed by atoms with Crippen molar-refractivity contribution in [2.24, 2.45) is 0 Å². The third-order valence-electron chi connectivity index (χ3n) is 2.84. The first-order valence-electron chi connectivity index (χ1n) is 5.80. The molecule has 0 radical (unpaired) electrons. The highest BCUT2D eigenvalue weighted by Crippen LogP contribution is 2.22. The molecule has 92 valence electrons. The van der Waals surface area contributed by atoms with Crippen LogP contribution in [0.15, 0.2) is 6.20 Å². The third kappa shape index (κ3) is 2.23. The molecule has 5 heteroatoms. The lowest BCUT2D eigenvalue weighted by Crippen LogP contribution is -2.35. The van der Waals surface area contributed by atoms with E-state index in [1.807, 2.05) is 6.20 Å². The molecule has 1 aromatic rings. The van der Waals surface area contributed by atoms with Gasteiger partial charge in [0.1, 0.15) is 5.82 Å². The van der Waals surface area contributed by atoms with Crippen LogP contribution >= 0.6 is 0 Å². The summed E-state index contributed by atoms with van der Waals surface area (Å²) in [6.07, 6.45) is 1.85. The quantitative estimate of drug-likeness (QED) is 0.741. The fourth-order valence-electron chi connectivity index (χ4n) is 1.87. The summed E-state index contributed by atoms with van der Waals surface area (Å²) in [5.41, 5.74) is 2.04. The number of carbonyl (C=O) groups excluding carboxylic acids is 1. The van der Waals surface area contributed by atoms with Crippen LogP contribution in [0.3, 0.4) is 0 Å². The molecule has 17 heavy (non-hydrogen) atoms. The van der Waals surface area contributed by atoms with Gasteiger partial charge in [0.25, 0.3) is 0 Å². The van der Waals surface area contributed by atoms with Crippen molar-refractivity contribution in [1.29, 1.82) is 0 Å². The monoisotopic (exact) mass is 234 g/mol. The van der Waals surface area contributed by atoms with Gasteiger partial charge in [0.15, 0.2) is 0 Å². The summed E-state index contributed by atoms with van der Waals surface area (Å²) in [6.45, 7) is 5.35. The molecule has 1 aromatic heterocycles. The van der Waals surface area contributed by atoms with Gasteiger partial charge in [-0.05, 0) is 0 Å². The largest absolute Gasteiger partial charge is 0.331 e. The molecular formula is C12H18N4O. The van der Waals surface area contributed by atoms with Gasteiger partial charge in [-0.3, -0.25) is 0 Å². The van der Waals surface area contributed by atoms with Gasteiger partial charge in [-0.25, -0.2) is 14.8 Å². The predicted octanol–water partition coefficient (Wildman–Crippen LogP) is 1.60. The molecule has 5 nitrogen and oxygen atoms in total. The normalized spacial score (nSPS) is 14.1. The Morgan fingerprint density at radius 1 is 1.41 bits per heavy atom. The molecule has 0 N–H and O–H groups in total. The number of rotatable bonds is 1. The smallest absolute Gasteiger partial charge is 0.320 e. The van der Waals surface area contributed by atoms with Crippen molar-refractivity contribution in [1.82, 2.24) is 19.8 Å². The number of amides is 2. The van der Waals surface area contributed by atoms with E-state index in [1.54, 1.807) is 23.9 Å². The molecule has 0 aliphatic carbocycles.